The zero-order chi connectivity index (χ0) is 19.5. The van der Waals surface area contributed by atoms with E-state index in [9.17, 15) is 9.90 Å². The highest BCUT2D eigenvalue weighted by molar-refractivity contribution is 6.01. The molecule has 6 nitrogen and oxygen atoms in total. The second-order valence-electron chi connectivity index (χ2n) is 6.07. The molecule has 1 amide bonds. The van der Waals surface area contributed by atoms with Gasteiger partial charge in [0.1, 0.15) is 12.4 Å². The molecule has 5 N–H and O–H groups in total. The predicted octanol–water partition coefficient (Wildman–Crippen LogP) is 3.04. The molecular weight excluding hydrogens is 344 g/mol. The summed E-state index contributed by atoms with van der Waals surface area (Å²) in [5, 5.41) is 21.8. The molecule has 0 spiro atoms. The number of hydrogen-bond acceptors (Lipinski definition) is 5. The molecule has 0 aliphatic heterocycles. The summed E-state index contributed by atoms with van der Waals surface area (Å²) in [6.07, 6.45) is 4.63. The molecule has 0 unspecified atom stereocenters. The zero-order valence-corrected chi connectivity index (χ0v) is 15.2. The average Bonchev–Trinajstić information content (AvgIpc) is 2.68. The van der Waals surface area contributed by atoms with E-state index < -0.39 is 6.10 Å². The number of unbranched alkanes of at least 4 members (excludes halogenated alkanes) is 1. The number of hydrogen-bond donors (Lipinski definition) is 4. The number of aliphatic hydroxyl groups excluding tert-OH is 2. The highest BCUT2D eigenvalue weighted by atomic mass is 16.5. The molecule has 0 saturated heterocycles. The molecule has 144 valence electrons. The molecule has 0 aromatic heterocycles. The van der Waals surface area contributed by atoms with Crippen LogP contribution in [-0.4, -0.2) is 29.3 Å². The van der Waals surface area contributed by atoms with Crippen LogP contribution in [0.1, 0.15) is 30.9 Å². The fourth-order valence-electron chi connectivity index (χ4n) is 2.55. The molecule has 0 bridgehead atoms. The van der Waals surface area contributed by atoms with Crippen molar-refractivity contribution in [2.45, 2.75) is 25.4 Å². The number of amides is 1. The number of ether oxygens (including phenoxy) is 1. The first-order valence-corrected chi connectivity index (χ1v) is 8.94. The summed E-state index contributed by atoms with van der Waals surface area (Å²) in [6, 6.07) is 14.3. The first-order chi connectivity index (χ1) is 13.1. The van der Waals surface area contributed by atoms with Gasteiger partial charge in [-0.25, -0.2) is 0 Å². The van der Waals surface area contributed by atoms with Gasteiger partial charge in [0.15, 0.2) is 0 Å². The van der Waals surface area contributed by atoms with Gasteiger partial charge in [-0.05, 0) is 55.2 Å². The highest BCUT2D eigenvalue weighted by Gasteiger charge is 2.08. The molecule has 6 heteroatoms. The van der Waals surface area contributed by atoms with Gasteiger partial charge in [0.2, 0.25) is 5.91 Å². The number of rotatable bonds is 10. The van der Waals surface area contributed by atoms with Crippen molar-refractivity contribution >= 4 is 17.3 Å². The molecule has 2 aromatic rings. The molecule has 2 aromatic carbocycles. The van der Waals surface area contributed by atoms with Gasteiger partial charge in [0.05, 0.1) is 24.1 Å². The van der Waals surface area contributed by atoms with Crippen LogP contribution < -0.4 is 15.8 Å². The van der Waals surface area contributed by atoms with Gasteiger partial charge in [-0.1, -0.05) is 30.3 Å². The number of nitrogens with two attached hydrogens (primary N) is 1. The Morgan fingerprint density at radius 1 is 1.22 bits per heavy atom. The summed E-state index contributed by atoms with van der Waals surface area (Å²) >= 11 is 0. The normalized spacial score (nSPS) is 12.1. The Morgan fingerprint density at radius 2 is 2.04 bits per heavy atom. The molecule has 0 saturated carbocycles. The molecule has 0 radical (unpaired) electrons. The first kappa shape index (κ1) is 20.5. The van der Waals surface area contributed by atoms with Crippen LogP contribution in [0.2, 0.25) is 0 Å². The molecule has 0 heterocycles. The van der Waals surface area contributed by atoms with Gasteiger partial charge in [-0.2, -0.15) is 0 Å². The summed E-state index contributed by atoms with van der Waals surface area (Å²) < 4.78 is 5.35. The van der Waals surface area contributed by atoms with Gasteiger partial charge in [-0.3, -0.25) is 4.79 Å². The largest absolute Gasteiger partial charge is 0.491 e. The number of para-hydroxylation sites is 2. The monoisotopic (exact) mass is 370 g/mol. The lowest BCUT2D eigenvalue weighted by atomic mass is 10.0. The number of nitrogens with one attached hydrogen (secondary N) is 1. The van der Waals surface area contributed by atoms with Crippen LogP contribution in [0, 0.1) is 0 Å². The minimum Gasteiger partial charge on any atom is -0.491 e. The Morgan fingerprint density at radius 3 is 2.81 bits per heavy atom. The van der Waals surface area contributed by atoms with Crippen molar-refractivity contribution in [3.05, 3.63) is 66.2 Å². The average molecular weight is 370 g/mol. The van der Waals surface area contributed by atoms with Crippen molar-refractivity contribution in [1.82, 2.24) is 0 Å². The molecule has 27 heavy (non-hydrogen) atoms. The number of anilines is 2. The molecule has 0 fully saturated rings. The lowest BCUT2D eigenvalue weighted by Gasteiger charge is -2.12. The maximum absolute atomic E-state index is 11.9. The van der Waals surface area contributed by atoms with Crippen molar-refractivity contribution in [2.24, 2.45) is 0 Å². The maximum atomic E-state index is 11.9. The van der Waals surface area contributed by atoms with E-state index in [1.54, 1.807) is 42.5 Å². The lowest BCUT2D eigenvalue weighted by Crippen LogP contribution is -2.09. The van der Waals surface area contributed by atoms with Crippen molar-refractivity contribution in [1.29, 1.82) is 0 Å². The third-order valence-corrected chi connectivity index (χ3v) is 3.94. The molecule has 0 aliphatic rings. The van der Waals surface area contributed by atoms with E-state index in [0.717, 1.165) is 12.0 Å². The van der Waals surface area contributed by atoms with Crippen molar-refractivity contribution < 1.29 is 19.7 Å². The van der Waals surface area contributed by atoms with Gasteiger partial charge < -0.3 is 26.0 Å². The predicted molar refractivity (Wildman–Crippen MR) is 106 cm³/mol. The number of aliphatic hydroxyl groups is 2. The van der Waals surface area contributed by atoms with Crippen LogP contribution in [0.25, 0.3) is 0 Å². The van der Waals surface area contributed by atoms with Gasteiger partial charge in [0.25, 0.3) is 0 Å². The number of carbonyl (C=O) groups excluding carboxylic acids is 1. The summed E-state index contributed by atoms with van der Waals surface area (Å²) in [7, 11) is 0. The SMILES string of the molecule is Nc1ccccc1NC(=O)/C=C/CCC[C@H](O)c1cccc(OCCO)c1. The van der Waals surface area contributed by atoms with Gasteiger partial charge in [-0.15, -0.1) is 0 Å². The van der Waals surface area contributed by atoms with E-state index in [4.69, 9.17) is 15.6 Å². The second-order valence-corrected chi connectivity index (χ2v) is 6.07. The number of nitrogen functional groups attached to an aromatic ring is 1. The van der Waals surface area contributed by atoms with E-state index in [2.05, 4.69) is 5.32 Å². The quantitative estimate of drug-likeness (QED) is 0.292. The van der Waals surface area contributed by atoms with Crippen LogP contribution in [0.15, 0.2) is 60.7 Å². The third kappa shape index (κ3) is 7.13. The van der Waals surface area contributed by atoms with Crippen LogP contribution >= 0.6 is 0 Å². The van der Waals surface area contributed by atoms with E-state index >= 15 is 0 Å². The third-order valence-electron chi connectivity index (χ3n) is 3.94. The van der Waals surface area contributed by atoms with E-state index in [0.29, 0.717) is 30.0 Å². The Kier molecular flexibility index (Phi) is 8.35. The minimum absolute atomic E-state index is 0.0520. The highest BCUT2D eigenvalue weighted by Crippen LogP contribution is 2.23. The second kappa shape index (κ2) is 11.0. The Bertz CT molecular complexity index is 761. The molecule has 0 aliphatic carbocycles. The summed E-state index contributed by atoms with van der Waals surface area (Å²) in [5.41, 5.74) is 7.66. The van der Waals surface area contributed by atoms with Crippen LogP contribution in [0.4, 0.5) is 11.4 Å². The Labute approximate surface area is 159 Å². The van der Waals surface area contributed by atoms with Gasteiger partial charge >= 0.3 is 0 Å². The van der Waals surface area contributed by atoms with E-state index in [1.165, 1.54) is 6.08 Å². The fraction of sp³-hybridized carbons (Fsp3) is 0.286. The van der Waals surface area contributed by atoms with Gasteiger partial charge in [0, 0.05) is 0 Å². The summed E-state index contributed by atoms with van der Waals surface area (Å²) in [6.45, 7) is 0.171. The number of allylic oxidation sites excluding steroid dienone is 1. The molecular formula is C21H26N2O4. The van der Waals surface area contributed by atoms with E-state index in [1.807, 2.05) is 12.1 Å². The molecule has 1 atom stereocenters. The smallest absolute Gasteiger partial charge is 0.248 e. The number of carbonyl (C=O) groups is 1. The van der Waals surface area contributed by atoms with Crippen LogP contribution in [0.5, 0.6) is 5.75 Å². The van der Waals surface area contributed by atoms with E-state index in [-0.39, 0.29) is 19.1 Å². The molecule has 2 rings (SSSR count). The fourth-order valence-corrected chi connectivity index (χ4v) is 2.55. The first-order valence-electron chi connectivity index (χ1n) is 8.94. The standard InChI is InChI=1S/C21H26N2O4/c22-18-9-4-5-10-19(18)23-21(26)12-3-1-2-11-20(25)16-7-6-8-17(15-16)27-14-13-24/h3-10,12,15,20,24-25H,1-2,11,13-14,22H2,(H,23,26)/b12-3+/t20-/m0/s1. The maximum Gasteiger partial charge on any atom is 0.248 e. The summed E-state index contributed by atoms with van der Waals surface area (Å²) in [4.78, 5) is 11.9. The summed E-state index contributed by atoms with van der Waals surface area (Å²) in [5.74, 6) is 0.388. The zero-order valence-electron chi connectivity index (χ0n) is 15.2. The van der Waals surface area contributed by atoms with Crippen molar-refractivity contribution in [3.63, 3.8) is 0 Å². The Hall–Kier alpha value is -2.83. The number of benzene rings is 2. The lowest BCUT2D eigenvalue weighted by molar-refractivity contribution is -0.111. The van der Waals surface area contributed by atoms with Crippen molar-refractivity contribution in [3.8, 4) is 5.75 Å². The van der Waals surface area contributed by atoms with Crippen molar-refractivity contribution in [2.75, 3.05) is 24.3 Å². The minimum atomic E-state index is -0.603. The van der Waals surface area contributed by atoms with Crippen LogP contribution in [0.3, 0.4) is 0 Å². The topological polar surface area (TPSA) is 105 Å². The van der Waals surface area contributed by atoms with Crippen LogP contribution in [-0.2, 0) is 4.79 Å². The Balaban J connectivity index is 1.73.